The lowest BCUT2D eigenvalue weighted by atomic mass is 10.4. The van der Waals surface area contributed by atoms with Gasteiger partial charge in [-0.3, -0.25) is 4.79 Å². The first-order valence-electron chi connectivity index (χ1n) is 3.64. The molecule has 5 nitrogen and oxygen atoms in total. The highest BCUT2D eigenvalue weighted by Gasteiger charge is 2.18. The van der Waals surface area contributed by atoms with Crippen LogP contribution in [0.3, 0.4) is 0 Å². The van der Waals surface area contributed by atoms with Crippen LogP contribution < -0.4 is 0 Å². The molecule has 0 aromatic heterocycles. The second-order valence-corrected chi connectivity index (χ2v) is 2.18. The van der Waals surface area contributed by atoms with E-state index in [1.165, 1.54) is 12.0 Å². The fraction of sp³-hybridized carbons (Fsp3) is 0.714. The predicted octanol–water partition coefficient (Wildman–Crippen LogP) is -0.434. The van der Waals surface area contributed by atoms with Crippen molar-refractivity contribution >= 4 is 11.9 Å². The van der Waals surface area contributed by atoms with E-state index in [-0.39, 0.29) is 0 Å². The molecule has 0 heterocycles. The van der Waals surface area contributed by atoms with Gasteiger partial charge in [-0.2, -0.15) is 0 Å². The molecule has 0 aromatic carbocycles. The Morgan fingerprint density at radius 1 is 1.50 bits per heavy atom. The number of carboxylic acid groups (broad SMARTS) is 1. The second-order valence-electron chi connectivity index (χ2n) is 2.18. The molecule has 0 aromatic rings. The number of carboxylic acids is 1. The van der Waals surface area contributed by atoms with Crippen molar-refractivity contribution in [2.45, 2.75) is 6.92 Å². The number of likely N-dealkylation sites (N-methyl/N-ethyl adjacent to an activating group) is 1. The van der Waals surface area contributed by atoms with Crippen molar-refractivity contribution < 1.29 is 19.4 Å². The molecule has 0 aliphatic carbocycles. The number of methoxy groups -OCH3 is 1. The van der Waals surface area contributed by atoms with E-state index in [1.807, 2.05) is 0 Å². The summed E-state index contributed by atoms with van der Waals surface area (Å²) in [5, 5.41) is 8.35. The molecule has 0 saturated heterocycles. The predicted molar refractivity (Wildman–Crippen MR) is 41.8 cm³/mol. The Bertz CT molecular complexity index is 169. The summed E-state index contributed by atoms with van der Waals surface area (Å²) in [6, 6.07) is 0. The topological polar surface area (TPSA) is 66.8 Å². The molecule has 0 radical (unpaired) electrons. The lowest BCUT2D eigenvalue weighted by Crippen LogP contribution is -2.38. The van der Waals surface area contributed by atoms with Gasteiger partial charge in [-0.05, 0) is 6.92 Å². The van der Waals surface area contributed by atoms with Gasteiger partial charge in [0, 0.05) is 20.2 Å². The smallest absolute Gasteiger partial charge is 0.394 e. The minimum absolute atomic E-state index is 0.318. The fourth-order valence-electron chi connectivity index (χ4n) is 0.740. The molecule has 5 heteroatoms. The van der Waals surface area contributed by atoms with Crippen LogP contribution in [0.5, 0.6) is 0 Å². The molecule has 0 bridgehead atoms. The maximum Gasteiger partial charge on any atom is 0.394 e. The Labute approximate surface area is 70.9 Å². The number of rotatable bonds is 4. The number of ether oxygens (including phenoxy) is 1. The molecule has 0 spiro atoms. The largest absolute Gasteiger partial charge is 0.474 e. The van der Waals surface area contributed by atoms with Gasteiger partial charge in [-0.25, -0.2) is 4.79 Å². The summed E-state index contributed by atoms with van der Waals surface area (Å²) in [6.45, 7) is 2.77. The van der Waals surface area contributed by atoms with Gasteiger partial charge in [0.2, 0.25) is 0 Å². The highest BCUT2D eigenvalue weighted by atomic mass is 16.5. The Morgan fingerprint density at radius 3 is 2.42 bits per heavy atom. The zero-order valence-corrected chi connectivity index (χ0v) is 7.24. The van der Waals surface area contributed by atoms with Gasteiger partial charge in [-0.15, -0.1) is 0 Å². The van der Waals surface area contributed by atoms with Crippen LogP contribution in [0.15, 0.2) is 0 Å². The van der Waals surface area contributed by atoms with Gasteiger partial charge in [0.25, 0.3) is 0 Å². The average Bonchev–Trinajstić information content (AvgIpc) is 2.05. The summed E-state index contributed by atoms with van der Waals surface area (Å²) in [5.74, 6) is -2.30. The van der Waals surface area contributed by atoms with Gasteiger partial charge in [-0.1, -0.05) is 0 Å². The summed E-state index contributed by atoms with van der Waals surface area (Å²) in [6.07, 6.45) is 0. The Balaban J connectivity index is 3.96. The number of hydrogen-bond acceptors (Lipinski definition) is 3. The molecule has 0 saturated carbocycles. The molecule has 70 valence electrons. The van der Waals surface area contributed by atoms with E-state index in [0.29, 0.717) is 19.7 Å². The van der Waals surface area contributed by atoms with Crippen LogP contribution in [0.2, 0.25) is 0 Å². The zero-order chi connectivity index (χ0) is 9.56. The molecule has 1 N–H and O–H groups in total. The number of aliphatic carboxylic acids is 1. The monoisotopic (exact) mass is 175 g/mol. The van der Waals surface area contributed by atoms with Gasteiger partial charge in [0.1, 0.15) is 0 Å². The van der Waals surface area contributed by atoms with Crippen molar-refractivity contribution in [1.82, 2.24) is 4.90 Å². The molecule has 12 heavy (non-hydrogen) atoms. The summed E-state index contributed by atoms with van der Waals surface area (Å²) >= 11 is 0. The molecule has 1 amide bonds. The highest BCUT2D eigenvalue weighted by molar-refractivity contribution is 6.31. The van der Waals surface area contributed by atoms with Crippen LogP contribution in [0.4, 0.5) is 0 Å². The molecule has 0 aliphatic heterocycles. The molecular formula is C7H13NO4. The quantitative estimate of drug-likeness (QED) is 0.588. The maximum atomic E-state index is 10.9. The zero-order valence-electron chi connectivity index (χ0n) is 7.24. The lowest BCUT2D eigenvalue weighted by molar-refractivity contribution is -0.156. The maximum absolute atomic E-state index is 10.9. The van der Waals surface area contributed by atoms with Crippen molar-refractivity contribution in [3.63, 3.8) is 0 Å². The van der Waals surface area contributed by atoms with E-state index in [4.69, 9.17) is 9.84 Å². The normalized spacial score (nSPS) is 9.50. The van der Waals surface area contributed by atoms with Crippen molar-refractivity contribution in [3.8, 4) is 0 Å². The van der Waals surface area contributed by atoms with E-state index in [0.717, 1.165) is 0 Å². The van der Waals surface area contributed by atoms with Crippen LogP contribution in [0, 0.1) is 0 Å². The van der Waals surface area contributed by atoms with Gasteiger partial charge in [0.15, 0.2) is 0 Å². The Kier molecular flexibility index (Phi) is 5.03. The third kappa shape index (κ3) is 3.34. The number of hydrogen-bond donors (Lipinski definition) is 1. The van der Waals surface area contributed by atoms with E-state index in [1.54, 1.807) is 6.92 Å². The molecule has 0 fully saturated rings. The van der Waals surface area contributed by atoms with Crippen molar-refractivity contribution in [2.75, 3.05) is 26.8 Å². The number of amides is 1. The number of nitrogens with zero attached hydrogens (tertiary/aromatic N) is 1. The molecular weight excluding hydrogens is 162 g/mol. The minimum atomic E-state index is -1.42. The van der Waals surface area contributed by atoms with Crippen molar-refractivity contribution in [3.05, 3.63) is 0 Å². The molecule has 0 unspecified atom stereocenters. The third-order valence-corrected chi connectivity index (χ3v) is 1.42. The SMILES string of the molecule is CCN(CCOC)C(=O)C(=O)O. The third-order valence-electron chi connectivity index (χ3n) is 1.42. The van der Waals surface area contributed by atoms with Crippen LogP contribution in [-0.2, 0) is 14.3 Å². The average molecular weight is 175 g/mol. The summed E-state index contributed by atoms with van der Waals surface area (Å²) in [7, 11) is 1.50. The molecule has 0 rings (SSSR count). The summed E-state index contributed by atoms with van der Waals surface area (Å²) in [4.78, 5) is 22.3. The summed E-state index contributed by atoms with van der Waals surface area (Å²) in [5.41, 5.74) is 0. The van der Waals surface area contributed by atoms with Crippen LogP contribution >= 0.6 is 0 Å². The second kappa shape index (κ2) is 5.54. The first-order chi connectivity index (χ1) is 5.63. The van der Waals surface area contributed by atoms with Crippen LogP contribution in [0.25, 0.3) is 0 Å². The molecule has 0 aliphatic rings. The Morgan fingerprint density at radius 2 is 2.08 bits per heavy atom. The lowest BCUT2D eigenvalue weighted by Gasteiger charge is -2.17. The minimum Gasteiger partial charge on any atom is -0.474 e. The van der Waals surface area contributed by atoms with Crippen molar-refractivity contribution in [1.29, 1.82) is 0 Å². The van der Waals surface area contributed by atoms with E-state index in [9.17, 15) is 9.59 Å². The Hall–Kier alpha value is -1.10. The van der Waals surface area contributed by atoms with E-state index in [2.05, 4.69) is 0 Å². The van der Waals surface area contributed by atoms with Crippen LogP contribution in [-0.4, -0.2) is 48.7 Å². The number of carbonyl (C=O) groups is 2. The van der Waals surface area contributed by atoms with Gasteiger partial charge in [0.05, 0.1) is 6.61 Å². The first-order valence-corrected chi connectivity index (χ1v) is 3.64. The van der Waals surface area contributed by atoms with E-state index < -0.39 is 11.9 Å². The van der Waals surface area contributed by atoms with Crippen LogP contribution in [0.1, 0.15) is 6.92 Å². The standard InChI is InChI=1S/C7H13NO4/c1-3-8(4-5-12-2)6(9)7(10)11/h3-5H2,1-2H3,(H,10,11). The highest BCUT2D eigenvalue weighted by Crippen LogP contribution is 1.89. The van der Waals surface area contributed by atoms with Gasteiger partial charge >= 0.3 is 11.9 Å². The fourth-order valence-corrected chi connectivity index (χ4v) is 0.740. The van der Waals surface area contributed by atoms with E-state index >= 15 is 0 Å². The molecule has 0 atom stereocenters. The number of carbonyl (C=O) groups excluding carboxylic acids is 1. The summed E-state index contributed by atoms with van der Waals surface area (Å²) < 4.78 is 4.72. The van der Waals surface area contributed by atoms with Gasteiger partial charge < -0.3 is 14.7 Å². The first kappa shape index (κ1) is 10.9. The van der Waals surface area contributed by atoms with Crippen molar-refractivity contribution in [2.24, 2.45) is 0 Å².